The molecule has 1 aliphatic rings. The number of carboxylic acids is 1. The zero-order valence-corrected chi connectivity index (χ0v) is 13.6. The summed E-state index contributed by atoms with van der Waals surface area (Å²) in [6.45, 7) is 4.18. The van der Waals surface area contributed by atoms with Crippen LogP contribution >= 0.6 is 15.9 Å². The van der Waals surface area contributed by atoms with Crippen molar-refractivity contribution in [2.24, 2.45) is 5.92 Å². The van der Waals surface area contributed by atoms with Gasteiger partial charge in [0.25, 0.3) is 0 Å². The van der Waals surface area contributed by atoms with Gasteiger partial charge in [-0.15, -0.1) is 0 Å². The third kappa shape index (κ3) is 2.39. The first-order valence-corrected chi connectivity index (χ1v) is 7.88. The van der Waals surface area contributed by atoms with Crippen molar-refractivity contribution in [3.8, 4) is 5.69 Å². The van der Waals surface area contributed by atoms with Crippen LogP contribution in [0.15, 0.2) is 22.7 Å². The highest BCUT2D eigenvalue weighted by molar-refractivity contribution is 9.10. The van der Waals surface area contributed by atoms with E-state index >= 15 is 0 Å². The lowest BCUT2D eigenvalue weighted by Gasteiger charge is -2.20. The van der Waals surface area contributed by atoms with Gasteiger partial charge in [0.1, 0.15) is 0 Å². The molecule has 0 radical (unpaired) electrons. The van der Waals surface area contributed by atoms with E-state index in [9.17, 15) is 9.90 Å². The Labute approximate surface area is 131 Å². The Hall–Kier alpha value is -1.62. The molecule has 1 aliphatic carbocycles. The number of aromatic nitrogens is 2. The minimum Gasteiger partial charge on any atom is -0.476 e. The lowest BCUT2D eigenvalue weighted by atomic mass is 9.87. The Morgan fingerprint density at radius 1 is 1.48 bits per heavy atom. The molecule has 0 amide bonds. The summed E-state index contributed by atoms with van der Waals surface area (Å²) in [6.07, 6.45) is 2.73. The van der Waals surface area contributed by atoms with Crippen molar-refractivity contribution in [1.82, 2.24) is 9.78 Å². The predicted octanol–water partition coefficient (Wildman–Crippen LogP) is 3.77. The van der Waals surface area contributed by atoms with Gasteiger partial charge in [-0.25, -0.2) is 9.48 Å². The van der Waals surface area contributed by atoms with Crippen LogP contribution in [0.3, 0.4) is 0 Å². The van der Waals surface area contributed by atoms with E-state index in [4.69, 9.17) is 0 Å². The van der Waals surface area contributed by atoms with E-state index in [1.807, 2.05) is 29.8 Å². The smallest absolute Gasteiger partial charge is 0.356 e. The fraction of sp³-hybridized carbons (Fsp3) is 0.375. The highest BCUT2D eigenvalue weighted by Crippen LogP contribution is 2.32. The molecule has 5 heteroatoms. The molecule has 0 bridgehead atoms. The van der Waals surface area contributed by atoms with Crippen LogP contribution in [-0.2, 0) is 12.8 Å². The van der Waals surface area contributed by atoms with Crippen LogP contribution in [0.4, 0.5) is 0 Å². The highest BCUT2D eigenvalue weighted by atomic mass is 79.9. The molecular formula is C16H17BrN2O2. The summed E-state index contributed by atoms with van der Waals surface area (Å²) in [4.78, 5) is 11.5. The van der Waals surface area contributed by atoms with Gasteiger partial charge in [-0.2, -0.15) is 5.10 Å². The number of halogens is 1. The number of nitrogens with zero attached hydrogens (tertiary/aromatic N) is 2. The van der Waals surface area contributed by atoms with E-state index in [0.29, 0.717) is 5.92 Å². The fourth-order valence-corrected chi connectivity index (χ4v) is 3.39. The number of hydrogen-bond acceptors (Lipinski definition) is 2. The van der Waals surface area contributed by atoms with Gasteiger partial charge in [0.2, 0.25) is 0 Å². The number of aromatic carboxylic acids is 1. The second kappa shape index (κ2) is 5.30. The maximum atomic E-state index is 11.5. The van der Waals surface area contributed by atoms with E-state index in [2.05, 4.69) is 28.0 Å². The van der Waals surface area contributed by atoms with Crippen LogP contribution in [0.25, 0.3) is 5.69 Å². The number of carboxylic acid groups (broad SMARTS) is 1. The average Bonchev–Trinajstić information content (AvgIpc) is 2.80. The largest absolute Gasteiger partial charge is 0.476 e. The first-order chi connectivity index (χ1) is 9.99. The number of rotatable bonds is 2. The molecule has 0 saturated heterocycles. The molecule has 0 saturated carbocycles. The molecule has 1 heterocycles. The van der Waals surface area contributed by atoms with Crippen molar-refractivity contribution in [2.45, 2.75) is 33.1 Å². The minimum absolute atomic E-state index is 0.199. The molecular weight excluding hydrogens is 332 g/mol. The fourth-order valence-electron chi connectivity index (χ4n) is 2.96. The van der Waals surface area contributed by atoms with E-state index in [0.717, 1.165) is 46.2 Å². The Morgan fingerprint density at radius 3 is 2.95 bits per heavy atom. The molecule has 2 aromatic rings. The van der Waals surface area contributed by atoms with Crippen molar-refractivity contribution in [3.05, 3.63) is 45.2 Å². The van der Waals surface area contributed by atoms with Crippen LogP contribution in [0, 0.1) is 12.8 Å². The zero-order chi connectivity index (χ0) is 15.1. The molecule has 4 nitrogen and oxygen atoms in total. The van der Waals surface area contributed by atoms with Crippen LogP contribution < -0.4 is 0 Å². The molecule has 0 fully saturated rings. The predicted molar refractivity (Wildman–Crippen MR) is 84.1 cm³/mol. The van der Waals surface area contributed by atoms with Gasteiger partial charge in [0.15, 0.2) is 5.69 Å². The van der Waals surface area contributed by atoms with Crippen molar-refractivity contribution < 1.29 is 9.90 Å². The summed E-state index contributed by atoms with van der Waals surface area (Å²) >= 11 is 3.59. The third-order valence-electron chi connectivity index (χ3n) is 4.12. The van der Waals surface area contributed by atoms with Crippen molar-refractivity contribution >= 4 is 21.9 Å². The topological polar surface area (TPSA) is 55.1 Å². The molecule has 1 aromatic carbocycles. The second-order valence-corrected chi connectivity index (χ2v) is 6.54. The van der Waals surface area contributed by atoms with Gasteiger partial charge >= 0.3 is 5.97 Å². The van der Waals surface area contributed by atoms with Crippen LogP contribution in [0.1, 0.15) is 40.7 Å². The molecule has 0 aliphatic heterocycles. The summed E-state index contributed by atoms with van der Waals surface area (Å²) in [5.41, 5.74) is 4.16. The maximum Gasteiger partial charge on any atom is 0.356 e. The van der Waals surface area contributed by atoms with E-state index in [-0.39, 0.29) is 5.69 Å². The normalized spacial score (nSPS) is 17.6. The van der Waals surface area contributed by atoms with Crippen LogP contribution in [0.5, 0.6) is 0 Å². The number of aryl methyl sites for hydroxylation is 1. The summed E-state index contributed by atoms with van der Waals surface area (Å²) < 4.78 is 2.77. The molecule has 1 atom stereocenters. The number of benzene rings is 1. The standard InChI is InChI=1S/C16H17BrN2O2/c1-9-6-7-12-11(8-9)15(16(20)21)18-19(12)13-5-3-4-10(2)14(13)17/h3-5,9H,6-8H2,1-2H3,(H,20,21). The summed E-state index contributed by atoms with van der Waals surface area (Å²) in [5.74, 6) is -0.433. The first-order valence-electron chi connectivity index (χ1n) is 7.08. The van der Waals surface area contributed by atoms with E-state index < -0.39 is 5.97 Å². The quantitative estimate of drug-likeness (QED) is 0.898. The zero-order valence-electron chi connectivity index (χ0n) is 12.1. The van der Waals surface area contributed by atoms with Crippen molar-refractivity contribution in [1.29, 1.82) is 0 Å². The minimum atomic E-state index is -0.942. The molecule has 1 unspecified atom stereocenters. The lowest BCUT2D eigenvalue weighted by Crippen LogP contribution is -2.14. The van der Waals surface area contributed by atoms with Crippen molar-refractivity contribution in [3.63, 3.8) is 0 Å². The molecule has 1 aromatic heterocycles. The van der Waals surface area contributed by atoms with E-state index in [1.165, 1.54) is 0 Å². The van der Waals surface area contributed by atoms with Gasteiger partial charge < -0.3 is 5.11 Å². The maximum absolute atomic E-state index is 11.5. The molecule has 3 rings (SSSR count). The molecule has 110 valence electrons. The third-order valence-corrected chi connectivity index (χ3v) is 5.15. The Kier molecular flexibility index (Phi) is 3.61. The Balaban J connectivity index is 2.22. The second-order valence-electron chi connectivity index (χ2n) is 5.75. The van der Waals surface area contributed by atoms with Crippen molar-refractivity contribution in [2.75, 3.05) is 0 Å². The molecule has 1 N–H and O–H groups in total. The van der Waals surface area contributed by atoms with Gasteiger partial charge in [-0.3, -0.25) is 0 Å². The van der Waals surface area contributed by atoms with Gasteiger partial charge in [0, 0.05) is 15.7 Å². The Bertz CT molecular complexity index is 721. The molecule has 21 heavy (non-hydrogen) atoms. The SMILES string of the molecule is Cc1cccc(-n2nc(C(=O)O)c3c2CCC(C)C3)c1Br. The monoisotopic (exact) mass is 348 g/mol. The summed E-state index contributed by atoms with van der Waals surface area (Å²) in [7, 11) is 0. The highest BCUT2D eigenvalue weighted by Gasteiger charge is 2.28. The number of carbonyl (C=O) groups is 1. The first kappa shape index (κ1) is 14.3. The summed E-state index contributed by atoms with van der Waals surface area (Å²) in [6, 6.07) is 5.95. The van der Waals surface area contributed by atoms with Gasteiger partial charge in [0.05, 0.1) is 5.69 Å². The summed E-state index contributed by atoms with van der Waals surface area (Å²) in [5, 5.41) is 13.8. The number of fused-ring (bicyclic) bond motifs is 1. The van der Waals surface area contributed by atoms with Gasteiger partial charge in [-0.05, 0) is 59.7 Å². The average molecular weight is 349 g/mol. The number of hydrogen-bond donors (Lipinski definition) is 1. The Morgan fingerprint density at radius 2 is 2.24 bits per heavy atom. The van der Waals surface area contributed by atoms with Gasteiger partial charge in [-0.1, -0.05) is 19.1 Å². The van der Waals surface area contributed by atoms with E-state index in [1.54, 1.807) is 0 Å². The van der Waals surface area contributed by atoms with Crippen LogP contribution in [0.2, 0.25) is 0 Å². The lowest BCUT2D eigenvalue weighted by molar-refractivity contribution is 0.0688. The molecule has 0 spiro atoms. The van der Waals surface area contributed by atoms with Crippen LogP contribution in [-0.4, -0.2) is 20.9 Å².